The quantitative estimate of drug-likeness (QED) is 0.322. The number of carbonyl (C=O) groups is 2. The molecule has 4 aromatic rings. The number of fused-ring (bicyclic) bond motifs is 1. The molecule has 37 heavy (non-hydrogen) atoms. The minimum atomic E-state index is -0.747. The Morgan fingerprint density at radius 1 is 1.03 bits per heavy atom. The number of hydrogen-bond acceptors (Lipinski definition) is 5. The number of imidazole rings is 1. The van der Waals surface area contributed by atoms with Gasteiger partial charge in [-0.1, -0.05) is 72.8 Å². The van der Waals surface area contributed by atoms with Crippen molar-refractivity contribution in [3.05, 3.63) is 119 Å². The van der Waals surface area contributed by atoms with Gasteiger partial charge in [0.1, 0.15) is 6.04 Å². The van der Waals surface area contributed by atoms with Crippen molar-refractivity contribution >= 4 is 17.6 Å². The SMILES string of the molecule is COC(=O)[C@@H]1Cc2c(ncn2Cc2ccc(N)c(C)c2)CN1C(=O)C(c1ccccc1)c1ccccc1. The van der Waals surface area contributed by atoms with Gasteiger partial charge in [-0.05, 0) is 35.2 Å². The Bertz CT molecular complexity index is 1380. The van der Waals surface area contributed by atoms with E-state index in [0.29, 0.717) is 13.0 Å². The molecule has 1 amide bonds. The second-order valence-corrected chi connectivity index (χ2v) is 9.42. The Morgan fingerprint density at radius 2 is 1.68 bits per heavy atom. The Hall–Kier alpha value is -4.39. The lowest BCUT2D eigenvalue weighted by molar-refractivity contribution is -0.154. The molecule has 0 aliphatic carbocycles. The summed E-state index contributed by atoms with van der Waals surface area (Å²) in [7, 11) is 1.36. The van der Waals surface area contributed by atoms with E-state index in [-0.39, 0.29) is 12.5 Å². The van der Waals surface area contributed by atoms with E-state index in [9.17, 15) is 9.59 Å². The first-order chi connectivity index (χ1) is 18.0. The summed E-state index contributed by atoms with van der Waals surface area (Å²) in [6.45, 7) is 2.81. The van der Waals surface area contributed by atoms with Gasteiger partial charge in [0.2, 0.25) is 5.91 Å². The zero-order chi connectivity index (χ0) is 25.9. The third kappa shape index (κ3) is 4.85. The number of rotatable bonds is 6. The number of methoxy groups -OCH3 is 1. The fourth-order valence-electron chi connectivity index (χ4n) is 5.06. The summed E-state index contributed by atoms with van der Waals surface area (Å²) in [5.74, 6) is -1.13. The smallest absolute Gasteiger partial charge is 0.328 e. The van der Waals surface area contributed by atoms with Crippen LogP contribution < -0.4 is 5.73 Å². The lowest BCUT2D eigenvalue weighted by Crippen LogP contribution is -2.51. The number of hydrogen-bond donors (Lipinski definition) is 1. The summed E-state index contributed by atoms with van der Waals surface area (Å²) < 4.78 is 7.21. The molecule has 1 atom stereocenters. The van der Waals surface area contributed by atoms with Crippen molar-refractivity contribution in [2.24, 2.45) is 0 Å². The van der Waals surface area contributed by atoms with Crippen molar-refractivity contribution in [2.75, 3.05) is 12.8 Å². The Labute approximate surface area is 216 Å². The molecule has 0 fully saturated rings. The van der Waals surface area contributed by atoms with Gasteiger partial charge in [0, 0.05) is 24.3 Å². The molecule has 1 aliphatic heterocycles. The number of nitrogen functional groups attached to an aromatic ring is 1. The molecule has 0 saturated heterocycles. The number of nitrogens with two attached hydrogens (primary N) is 1. The van der Waals surface area contributed by atoms with E-state index in [1.54, 1.807) is 11.2 Å². The highest BCUT2D eigenvalue weighted by atomic mass is 16.5. The fourth-order valence-corrected chi connectivity index (χ4v) is 5.06. The number of nitrogens with zero attached hydrogens (tertiary/aromatic N) is 3. The van der Waals surface area contributed by atoms with Gasteiger partial charge in [-0.2, -0.15) is 0 Å². The molecule has 2 N–H and O–H groups in total. The molecule has 188 valence electrons. The number of benzene rings is 3. The standard InChI is InChI=1S/C30H30N4O3/c1-20-15-21(13-14-24(20)31)17-33-19-32-25-18-34(27(16-26(25)33)30(36)37-2)29(35)28(22-9-5-3-6-10-22)23-11-7-4-8-12-23/h3-15,19,27-28H,16-18,31H2,1-2H3/t27-/m0/s1. The van der Waals surface area contributed by atoms with Gasteiger partial charge >= 0.3 is 5.97 Å². The minimum Gasteiger partial charge on any atom is -0.467 e. The maximum absolute atomic E-state index is 14.2. The summed E-state index contributed by atoms with van der Waals surface area (Å²) in [4.78, 5) is 33.5. The number of ether oxygens (including phenoxy) is 1. The van der Waals surface area contributed by atoms with E-state index in [2.05, 4.69) is 11.1 Å². The largest absolute Gasteiger partial charge is 0.467 e. The molecule has 0 unspecified atom stereocenters. The Kier molecular flexibility index (Phi) is 6.77. The fraction of sp³-hybridized carbons (Fsp3) is 0.233. The van der Waals surface area contributed by atoms with E-state index < -0.39 is 17.9 Å². The van der Waals surface area contributed by atoms with Crippen LogP contribution in [0.15, 0.2) is 85.2 Å². The predicted octanol–water partition coefficient (Wildman–Crippen LogP) is 4.08. The first-order valence-electron chi connectivity index (χ1n) is 12.3. The summed E-state index contributed by atoms with van der Waals surface area (Å²) in [5, 5.41) is 0. The van der Waals surface area contributed by atoms with Crippen molar-refractivity contribution in [1.82, 2.24) is 14.5 Å². The molecule has 2 heterocycles. The molecule has 0 radical (unpaired) electrons. The summed E-state index contributed by atoms with van der Waals surface area (Å²) in [6.07, 6.45) is 2.11. The first kappa shape index (κ1) is 24.3. The van der Waals surface area contributed by atoms with E-state index in [0.717, 1.165) is 39.3 Å². The monoisotopic (exact) mass is 494 g/mol. The van der Waals surface area contributed by atoms with Gasteiger partial charge in [-0.15, -0.1) is 0 Å². The molecule has 7 nitrogen and oxygen atoms in total. The van der Waals surface area contributed by atoms with Crippen LogP contribution in [0.5, 0.6) is 0 Å². The summed E-state index contributed by atoms with van der Waals surface area (Å²) >= 11 is 0. The van der Waals surface area contributed by atoms with Crippen molar-refractivity contribution in [3.63, 3.8) is 0 Å². The van der Waals surface area contributed by atoms with Gasteiger partial charge in [-0.25, -0.2) is 9.78 Å². The highest BCUT2D eigenvalue weighted by Gasteiger charge is 2.40. The van der Waals surface area contributed by atoms with Crippen LogP contribution in [0.2, 0.25) is 0 Å². The third-order valence-corrected chi connectivity index (χ3v) is 7.07. The molecule has 0 bridgehead atoms. The summed E-state index contributed by atoms with van der Waals surface area (Å²) in [5.41, 5.74) is 12.3. The zero-order valence-corrected chi connectivity index (χ0v) is 21.0. The molecular weight excluding hydrogens is 464 g/mol. The lowest BCUT2D eigenvalue weighted by Gasteiger charge is -2.36. The number of anilines is 1. The average molecular weight is 495 g/mol. The molecule has 0 spiro atoms. The first-order valence-corrected chi connectivity index (χ1v) is 12.3. The molecule has 5 rings (SSSR count). The molecule has 1 aliphatic rings. The Morgan fingerprint density at radius 3 is 2.27 bits per heavy atom. The zero-order valence-electron chi connectivity index (χ0n) is 21.0. The van der Waals surface area contributed by atoms with Crippen LogP contribution in [0.3, 0.4) is 0 Å². The van der Waals surface area contributed by atoms with Crippen LogP contribution in [-0.4, -0.2) is 39.5 Å². The number of aryl methyl sites for hydroxylation is 1. The van der Waals surface area contributed by atoms with Crippen LogP contribution in [-0.2, 0) is 33.8 Å². The van der Waals surface area contributed by atoms with Crippen molar-refractivity contribution in [3.8, 4) is 0 Å². The van der Waals surface area contributed by atoms with Crippen molar-refractivity contribution in [1.29, 1.82) is 0 Å². The summed E-state index contributed by atoms with van der Waals surface area (Å²) in [6, 6.07) is 24.5. The van der Waals surface area contributed by atoms with Gasteiger partial charge in [0.25, 0.3) is 0 Å². The second-order valence-electron chi connectivity index (χ2n) is 9.42. The minimum absolute atomic E-state index is 0.151. The van der Waals surface area contributed by atoms with Crippen molar-refractivity contribution < 1.29 is 14.3 Å². The van der Waals surface area contributed by atoms with Gasteiger partial charge in [0.05, 0.1) is 31.6 Å². The van der Waals surface area contributed by atoms with Crippen molar-refractivity contribution in [2.45, 2.75) is 38.4 Å². The number of amides is 1. The normalized spacial score (nSPS) is 14.9. The predicted molar refractivity (Wildman–Crippen MR) is 142 cm³/mol. The van der Waals surface area contributed by atoms with Crippen LogP contribution >= 0.6 is 0 Å². The lowest BCUT2D eigenvalue weighted by atomic mass is 9.88. The third-order valence-electron chi connectivity index (χ3n) is 7.07. The van der Waals surface area contributed by atoms with E-state index >= 15 is 0 Å². The average Bonchev–Trinajstić information content (AvgIpc) is 3.32. The molecule has 0 saturated carbocycles. The topological polar surface area (TPSA) is 90.4 Å². The van der Waals surface area contributed by atoms with E-state index in [1.165, 1.54) is 7.11 Å². The number of esters is 1. The van der Waals surface area contributed by atoms with Gasteiger partial charge in [-0.3, -0.25) is 4.79 Å². The second kappa shape index (κ2) is 10.3. The van der Waals surface area contributed by atoms with Gasteiger partial charge < -0.3 is 19.9 Å². The Balaban J connectivity index is 1.50. The molecule has 3 aromatic carbocycles. The molecule has 7 heteroatoms. The van der Waals surface area contributed by atoms with Crippen LogP contribution in [0.1, 0.15) is 39.6 Å². The maximum atomic E-state index is 14.2. The molecular formula is C30H30N4O3. The van der Waals surface area contributed by atoms with Crippen LogP contribution in [0.25, 0.3) is 0 Å². The number of carbonyl (C=O) groups excluding carboxylic acids is 2. The van der Waals surface area contributed by atoms with E-state index in [1.807, 2.05) is 84.3 Å². The highest BCUT2D eigenvalue weighted by molar-refractivity contribution is 5.91. The highest BCUT2D eigenvalue weighted by Crippen LogP contribution is 2.32. The maximum Gasteiger partial charge on any atom is 0.328 e. The van der Waals surface area contributed by atoms with Crippen LogP contribution in [0.4, 0.5) is 5.69 Å². The van der Waals surface area contributed by atoms with Crippen LogP contribution in [0, 0.1) is 6.92 Å². The van der Waals surface area contributed by atoms with E-state index in [4.69, 9.17) is 10.5 Å². The number of aromatic nitrogens is 2. The molecule has 1 aromatic heterocycles. The van der Waals surface area contributed by atoms with Gasteiger partial charge in [0.15, 0.2) is 0 Å².